The van der Waals surface area contributed by atoms with E-state index in [4.69, 9.17) is 16.0 Å². The molecular formula is C15H13ClN2O3. The van der Waals surface area contributed by atoms with Gasteiger partial charge in [0.1, 0.15) is 5.76 Å². The minimum atomic E-state index is -1.18. The number of amides is 3. The van der Waals surface area contributed by atoms with Crippen molar-refractivity contribution in [1.29, 1.82) is 0 Å². The van der Waals surface area contributed by atoms with E-state index in [0.717, 1.165) is 4.90 Å². The van der Waals surface area contributed by atoms with Crippen molar-refractivity contribution in [3.8, 4) is 0 Å². The number of urea groups is 1. The Balaban J connectivity index is 1.90. The number of rotatable bonds is 3. The normalized spacial score (nSPS) is 21.7. The standard InChI is InChI=1S/C15H13ClN2O3/c1-15(12-7-4-8-21-12)13(19)18(14(20)17-15)9-10-5-2-3-6-11(10)16/h2-8H,9H2,1H3,(H,17,20). The number of hydrogen-bond donors (Lipinski definition) is 1. The molecule has 3 rings (SSSR count). The molecule has 6 heteroatoms. The van der Waals surface area contributed by atoms with Gasteiger partial charge in [0.2, 0.25) is 0 Å². The third kappa shape index (κ3) is 2.19. The van der Waals surface area contributed by atoms with Crippen molar-refractivity contribution in [2.24, 2.45) is 0 Å². The summed E-state index contributed by atoms with van der Waals surface area (Å²) in [6.07, 6.45) is 1.47. The summed E-state index contributed by atoms with van der Waals surface area (Å²) < 4.78 is 5.27. The molecule has 1 N–H and O–H groups in total. The molecule has 21 heavy (non-hydrogen) atoms. The summed E-state index contributed by atoms with van der Waals surface area (Å²) in [6, 6.07) is 10.00. The maximum atomic E-state index is 12.6. The summed E-state index contributed by atoms with van der Waals surface area (Å²) in [4.78, 5) is 25.9. The van der Waals surface area contributed by atoms with Gasteiger partial charge in [-0.05, 0) is 30.7 Å². The van der Waals surface area contributed by atoms with Crippen LogP contribution >= 0.6 is 11.6 Å². The Morgan fingerprint density at radius 2 is 2.00 bits per heavy atom. The Labute approximate surface area is 126 Å². The van der Waals surface area contributed by atoms with Crippen LogP contribution in [0.3, 0.4) is 0 Å². The Morgan fingerprint density at radius 1 is 1.24 bits per heavy atom. The van der Waals surface area contributed by atoms with Gasteiger partial charge in [-0.2, -0.15) is 0 Å². The smallest absolute Gasteiger partial charge is 0.325 e. The van der Waals surface area contributed by atoms with E-state index in [0.29, 0.717) is 16.3 Å². The second kappa shape index (κ2) is 4.93. The number of imide groups is 1. The number of carbonyl (C=O) groups is 2. The molecule has 0 radical (unpaired) electrons. The van der Waals surface area contributed by atoms with Crippen LogP contribution in [0.2, 0.25) is 5.02 Å². The molecule has 2 heterocycles. The second-order valence-electron chi connectivity index (χ2n) is 5.02. The van der Waals surface area contributed by atoms with Gasteiger partial charge in [0, 0.05) is 5.02 Å². The molecule has 0 saturated carbocycles. The predicted molar refractivity (Wildman–Crippen MR) is 76.6 cm³/mol. The highest BCUT2D eigenvalue weighted by molar-refractivity contribution is 6.31. The zero-order valence-corrected chi connectivity index (χ0v) is 12.1. The lowest BCUT2D eigenvalue weighted by molar-refractivity contribution is -0.132. The molecular weight excluding hydrogens is 292 g/mol. The summed E-state index contributed by atoms with van der Waals surface area (Å²) in [7, 11) is 0. The molecule has 1 saturated heterocycles. The van der Waals surface area contributed by atoms with Crippen LogP contribution in [-0.4, -0.2) is 16.8 Å². The number of nitrogens with one attached hydrogen (secondary N) is 1. The van der Waals surface area contributed by atoms with Gasteiger partial charge in [0.05, 0.1) is 12.8 Å². The quantitative estimate of drug-likeness (QED) is 0.887. The fourth-order valence-corrected chi connectivity index (χ4v) is 2.56. The molecule has 1 atom stereocenters. The average Bonchev–Trinajstić information content (AvgIpc) is 3.06. The van der Waals surface area contributed by atoms with Crippen molar-refractivity contribution < 1.29 is 14.0 Å². The number of carbonyl (C=O) groups excluding carboxylic acids is 2. The third-order valence-electron chi connectivity index (χ3n) is 3.58. The molecule has 1 unspecified atom stereocenters. The van der Waals surface area contributed by atoms with E-state index in [-0.39, 0.29) is 12.5 Å². The van der Waals surface area contributed by atoms with E-state index in [1.165, 1.54) is 6.26 Å². The molecule has 1 aromatic heterocycles. The largest absolute Gasteiger partial charge is 0.466 e. The fourth-order valence-electron chi connectivity index (χ4n) is 2.37. The first-order valence-electron chi connectivity index (χ1n) is 6.44. The van der Waals surface area contributed by atoms with Gasteiger partial charge in [-0.25, -0.2) is 4.79 Å². The van der Waals surface area contributed by atoms with Gasteiger partial charge in [0.15, 0.2) is 5.54 Å². The van der Waals surface area contributed by atoms with Gasteiger partial charge in [-0.15, -0.1) is 0 Å². The highest BCUT2D eigenvalue weighted by Gasteiger charge is 2.50. The molecule has 0 spiro atoms. The van der Waals surface area contributed by atoms with Crippen LogP contribution in [0.4, 0.5) is 4.79 Å². The fraction of sp³-hybridized carbons (Fsp3) is 0.200. The molecule has 0 bridgehead atoms. The SMILES string of the molecule is CC1(c2ccco2)NC(=O)N(Cc2ccccc2Cl)C1=O. The molecule has 5 nitrogen and oxygen atoms in total. The first-order valence-corrected chi connectivity index (χ1v) is 6.81. The van der Waals surface area contributed by atoms with E-state index < -0.39 is 11.6 Å². The maximum absolute atomic E-state index is 12.6. The average molecular weight is 305 g/mol. The molecule has 3 amide bonds. The predicted octanol–water partition coefficient (Wildman–Crippen LogP) is 2.90. The van der Waals surface area contributed by atoms with Crippen LogP contribution in [-0.2, 0) is 16.9 Å². The van der Waals surface area contributed by atoms with Crippen LogP contribution in [0, 0.1) is 0 Å². The van der Waals surface area contributed by atoms with Crippen molar-refractivity contribution in [1.82, 2.24) is 10.2 Å². The first-order chi connectivity index (χ1) is 10.0. The molecule has 2 aromatic rings. The number of benzene rings is 1. The van der Waals surface area contributed by atoms with Crippen molar-refractivity contribution in [3.63, 3.8) is 0 Å². The second-order valence-corrected chi connectivity index (χ2v) is 5.42. The Bertz CT molecular complexity index is 699. The van der Waals surface area contributed by atoms with Gasteiger partial charge in [0.25, 0.3) is 5.91 Å². The van der Waals surface area contributed by atoms with E-state index in [1.807, 2.05) is 6.07 Å². The van der Waals surface area contributed by atoms with Gasteiger partial charge >= 0.3 is 6.03 Å². The lowest BCUT2D eigenvalue weighted by Crippen LogP contribution is -2.40. The van der Waals surface area contributed by atoms with Crippen LogP contribution in [0.15, 0.2) is 47.1 Å². The topological polar surface area (TPSA) is 62.6 Å². The summed E-state index contributed by atoms with van der Waals surface area (Å²) in [5.74, 6) is 0.0462. The highest BCUT2D eigenvalue weighted by Crippen LogP contribution is 2.30. The molecule has 1 aliphatic heterocycles. The first kappa shape index (κ1) is 13.7. The minimum Gasteiger partial charge on any atom is -0.466 e. The Hall–Kier alpha value is -2.27. The number of halogens is 1. The van der Waals surface area contributed by atoms with Crippen LogP contribution in [0.1, 0.15) is 18.2 Å². The van der Waals surface area contributed by atoms with E-state index in [2.05, 4.69) is 5.32 Å². The Morgan fingerprint density at radius 3 is 2.67 bits per heavy atom. The monoisotopic (exact) mass is 304 g/mol. The summed E-state index contributed by atoms with van der Waals surface area (Å²) >= 11 is 6.08. The van der Waals surface area contributed by atoms with Crippen LogP contribution < -0.4 is 5.32 Å². The molecule has 1 fully saturated rings. The third-order valence-corrected chi connectivity index (χ3v) is 3.94. The van der Waals surface area contributed by atoms with Crippen LogP contribution in [0.25, 0.3) is 0 Å². The molecule has 0 aliphatic carbocycles. The van der Waals surface area contributed by atoms with Crippen molar-refractivity contribution in [2.45, 2.75) is 19.0 Å². The maximum Gasteiger partial charge on any atom is 0.325 e. The molecule has 1 aliphatic rings. The summed E-state index contributed by atoms with van der Waals surface area (Å²) in [5.41, 5.74) is -0.465. The van der Waals surface area contributed by atoms with E-state index in [1.54, 1.807) is 37.3 Å². The number of furan rings is 1. The number of hydrogen-bond acceptors (Lipinski definition) is 3. The van der Waals surface area contributed by atoms with Gasteiger partial charge in [-0.3, -0.25) is 9.69 Å². The van der Waals surface area contributed by atoms with E-state index in [9.17, 15) is 9.59 Å². The lowest BCUT2D eigenvalue weighted by Gasteiger charge is -2.19. The van der Waals surface area contributed by atoms with E-state index >= 15 is 0 Å². The number of nitrogens with zero attached hydrogens (tertiary/aromatic N) is 1. The minimum absolute atomic E-state index is 0.126. The van der Waals surface area contributed by atoms with Gasteiger partial charge < -0.3 is 9.73 Å². The molecule has 1 aromatic carbocycles. The highest BCUT2D eigenvalue weighted by atomic mass is 35.5. The molecule has 108 valence electrons. The van der Waals surface area contributed by atoms with Crippen LogP contribution in [0.5, 0.6) is 0 Å². The zero-order valence-electron chi connectivity index (χ0n) is 11.3. The zero-order chi connectivity index (χ0) is 15.0. The lowest BCUT2D eigenvalue weighted by atomic mass is 9.99. The Kier molecular flexibility index (Phi) is 3.22. The van der Waals surface area contributed by atoms with Gasteiger partial charge in [-0.1, -0.05) is 29.8 Å². The van der Waals surface area contributed by atoms with Crippen molar-refractivity contribution in [3.05, 3.63) is 59.0 Å². The summed E-state index contributed by atoms with van der Waals surface area (Å²) in [6.45, 7) is 1.75. The van der Waals surface area contributed by atoms with Crippen molar-refractivity contribution in [2.75, 3.05) is 0 Å². The van der Waals surface area contributed by atoms with Crippen molar-refractivity contribution >= 4 is 23.5 Å². The summed E-state index contributed by atoms with van der Waals surface area (Å²) in [5, 5.41) is 3.19.